The topological polar surface area (TPSA) is 110 Å². The Morgan fingerprint density at radius 2 is 1.79 bits per heavy atom. The lowest BCUT2D eigenvalue weighted by Gasteiger charge is -2.37. The zero-order valence-corrected chi connectivity index (χ0v) is 21.1. The van der Waals surface area contributed by atoms with E-state index < -0.39 is 5.91 Å². The van der Waals surface area contributed by atoms with E-state index in [1.165, 1.54) is 12.8 Å². The summed E-state index contributed by atoms with van der Waals surface area (Å²) in [7, 11) is 1.73. The minimum absolute atomic E-state index is 0.0176. The number of nitrogens with two attached hydrogens (primary N) is 1. The monoisotopic (exact) mass is 465 g/mol. The predicted octanol–water partition coefficient (Wildman–Crippen LogP) is 1.94. The van der Waals surface area contributed by atoms with Crippen LogP contribution in [0.2, 0.25) is 0 Å². The van der Waals surface area contributed by atoms with Gasteiger partial charge < -0.3 is 25.0 Å². The van der Waals surface area contributed by atoms with Crippen LogP contribution in [0.4, 0.5) is 11.9 Å². The van der Waals surface area contributed by atoms with Gasteiger partial charge in [-0.3, -0.25) is 9.69 Å². The number of hydrogen-bond donors (Lipinski definition) is 1. The Morgan fingerprint density at radius 3 is 2.42 bits per heavy atom. The lowest BCUT2D eigenvalue weighted by Crippen LogP contribution is -2.50. The van der Waals surface area contributed by atoms with Crippen LogP contribution in [-0.2, 0) is 9.53 Å². The lowest BCUT2D eigenvalue weighted by atomic mass is 10.0. The van der Waals surface area contributed by atoms with Gasteiger partial charge in [0.15, 0.2) is 0 Å². The fourth-order valence-corrected chi connectivity index (χ4v) is 3.85. The predicted molar refractivity (Wildman–Crippen MR) is 131 cm³/mol. The largest absolute Gasteiger partial charge is 0.461 e. The fraction of sp³-hybridized carbons (Fsp3) is 0.826. The molecule has 33 heavy (non-hydrogen) atoms. The molecule has 1 fully saturated rings. The maximum atomic E-state index is 11.4. The molecule has 0 saturated carbocycles. The average molecular weight is 466 g/mol. The summed E-state index contributed by atoms with van der Waals surface area (Å²) < 4.78 is 11.5. The van der Waals surface area contributed by atoms with Crippen molar-refractivity contribution in [2.75, 3.05) is 69.4 Å². The van der Waals surface area contributed by atoms with Crippen LogP contribution in [0.25, 0.3) is 0 Å². The summed E-state index contributed by atoms with van der Waals surface area (Å²) >= 11 is 0. The first-order valence-electron chi connectivity index (χ1n) is 12.3. The highest BCUT2D eigenvalue weighted by atomic mass is 16.5. The molecule has 2 N–H and O–H groups in total. The van der Waals surface area contributed by atoms with Crippen LogP contribution in [0.1, 0.15) is 53.4 Å². The summed E-state index contributed by atoms with van der Waals surface area (Å²) in [4.78, 5) is 31.1. The third-order valence-corrected chi connectivity index (χ3v) is 6.13. The maximum Gasteiger partial charge on any atom is 0.323 e. The highest BCUT2D eigenvalue weighted by molar-refractivity contribution is 5.78. The van der Waals surface area contributed by atoms with Crippen LogP contribution in [0, 0.1) is 5.92 Å². The van der Waals surface area contributed by atoms with Crippen molar-refractivity contribution in [1.82, 2.24) is 19.9 Å². The van der Waals surface area contributed by atoms with Crippen molar-refractivity contribution in [3.63, 3.8) is 0 Å². The van der Waals surface area contributed by atoms with E-state index in [1.807, 2.05) is 0 Å². The molecule has 2 atom stereocenters. The number of carbonyl (C=O) groups excluding carboxylic acids is 1. The molecule has 1 amide bonds. The molecule has 1 saturated heterocycles. The van der Waals surface area contributed by atoms with E-state index in [1.54, 1.807) is 11.9 Å². The van der Waals surface area contributed by atoms with Gasteiger partial charge in [0.1, 0.15) is 6.61 Å². The number of primary amides is 1. The maximum absolute atomic E-state index is 11.4. The minimum Gasteiger partial charge on any atom is -0.461 e. The van der Waals surface area contributed by atoms with E-state index >= 15 is 0 Å². The van der Waals surface area contributed by atoms with E-state index in [0.29, 0.717) is 37.1 Å². The van der Waals surface area contributed by atoms with Crippen LogP contribution < -0.4 is 20.3 Å². The number of ether oxygens (including phenoxy) is 2. The zero-order chi connectivity index (χ0) is 24.2. The summed E-state index contributed by atoms with van der Waals surface area (Å²) in [6.07, 6.45) is 4.60. The number of aromatic nitrogens is 3. The second kappa shape index (κ2) is 14.1. The van der Waals surface area contributed by atoms with E-state index in [0.717, 1.165) is 45.6 Å². The van der Waals surface area contributed by atoms with Crippen LogP contribution in [0.5, 0.6) is 6.01 Å². The first kappa shape index (κ1) is 27.0. The second-order valence-corrected chi connectivity index (χ2v) is 8.96. The zero-order valence-electron chi connectivity index (χ0n) is 21.1. The first-order valence-corrected chi connectivity index (χ1v) is 12.3. The number of nitrogens with zero attached hydrogens (tertiary/aromatic N) is 6. The van der Waals surface area contributed by atoms with Gasteiger partial charge in [-0.05, 0) is 25.7 Å². The van der Waals surface area contributed by atoms with Gasteiger partial charge >= 0.3 is 6.01 Å². The fourth-order valence-electron chi connectivity index (χ4n) is 3.85. The molecule has 2 unspecified atom stereocenters. The van der Waals surface area contributed by atoms with E-state index in [4.69, 9.17) is 15.2 Å². The highest BCUT2D eigenvalue weighted by Crippen LogP contribution is 2.19. The summed E-state index contributed by atoms with van der Waals surface area (Å²) in [5.41, 5.74) is 5.36. The Labute approximate surface area is 198 Å². The van der Waals surface area contributed by atoms with Crippen LogP contribution in [0.15, 0.2) is 0 Å². The smallest absolute Gasteiger partial charge is 0.323 e. The standard InChI is InChI=1S/C23H43N7O3/c1-6-8-18(3)9-14-32-15-16-33-23-26-21(28(5)17-20(24)31)25-22(27-23)30-12-10-29(11-13-30)19(4)7-2/h18-19H,6-17H2,1-5H3,(H2,24,31). The van der Waals surface area contributed by atoms with Gasteiger partial charge in [0.25, 0.3) is 0 Å². The molecule has 2 heterocycles. The molecule has 1 aromatic rings. The van der Waals surface area contributed by atoms with E-state index in [-0.39, 0.29) is 12.6 Å². The van der Waals surface area contributed by atoms with Gasteiger partial charge in [-0.15, -0.1) is 0 Å². The molecular weight excluding hydrogens is 422 g/mol. The molecule has 1 aliphatic rings. The van der Waals surface area contributed by atoms with Gasteiger partial charge in [-0.2, -0.15) is 15.0 Å². The summed E-state index contributed by atoms with van der Waals surface area (Å²) in [5.74, 6) is 1.15. The number of hydrogen-bond acceptors (Lipinski definition) is 9. The molecule has 0 radical (unpaired) electrons. The Balaban J connectivity index is 1.98. The number of amides is 1. The molecule has 10 heteroatoms. The van der Waals surface area contributed by atoms with E-state index in [9.17, 15) is 4.79 Å². The molecule has 1 aliphatic heterocycles. The lowest BCUT2D eigenvalue weighted by molar-refractivity contribution is -0.116. The van der Waals surface area contributed by atoms with Gasteiger partial charge in [0.2, 0.25) is 17.8 Å². The summed E-state index contributed by atoms with van der Waals surface area (Å²) in [6, 6.07) is 0.797. The number of piperazine rings is 1. The van der Waals surface area contributed by atoms with Gasteiger partial charge in [-0.1, -0.05) is 33.6 Å². The summed E-state index contributed by atoms with van der Waals surface area (Å²) in [5, 5.41) is 0. The van der Waals surface area contributed by atoms with Crippen LogP contribution >= 0.6 is 0 Å². The number of carbonyl (C=O) groups is 1. The number of likely N-dealkylation sites (N-methyl/N-ethyl adjacent to an activating group) is 1. The molecule has 0 spiro atoms. The molecule has 0 bridgehead atoms. The molecule has 10 nitrogen and oxygen atoms in total. The van der Waals surface area contributed by atoms with Crippen LogP contribution in [0.3, 0.4) is 0 Å². The van der Waals surface area contributed by atoms with Crippen molar-refractivity contribution in [3.05, 3.63) is 0 Å². The molecule has 1 aromatic heterocycles. The van der Waals surface area contributed by atoms with E-state index in [2.05, 4.69) is 52.4 Å². The molecule has 188 valence electrons. The van der Waals surface area contributed by atoms with Gasteiger partial charge in [0.05, 0.1) is 13.2 Å². The normalized spacial score (nSPS) is 16.5. The Kier molecular flexibility index (Phi) is 11.6. The van der Waals surface area contributed by atoms with Crippen molar-refractivity contribution in [1.29, 1.82) is 0 Å². The Bertz CT molecular complexity index is 713. The Morgan fingerprint density at radius 1 is 1.06 bits per heavy atom. The van der Waals surface area contributed by atoms with Crippen LogP contribution in [-0.4, -0.2) is 91.4 Å². The third-order valence-electron chi connectivity index (χ3n) is 6.13. The van der Waals surface area contributed by atoms with Crippen molar-refractivity contribution in [3.8, 4) is 6.01 Å². The van der Waals surface area contributed by atoms with Crippen molar-refractivity contribution >= 4 is 17.8 Å². The van der Waals surface area contributed by atoms with Crippen molar-refractivity contribution < 1.29 is 14.3 Å². The molecule has 0 aromatic carbocycles. The highest BCUT2D eigenvalue weighted by Gasteiger charge is 2.24. The first-order chi connectivity index (χ1) is 15.8. The summed E-state index contributed by atoms with van der Waals surface area (Å²) in [6.45, 7) is 14.0. The Hall–Kier alpha value is -2.20. The average Bonchev–Trinajstić information content (AvgIpc) is 2.80. The second-order valence-electron chi connectivity index (χ2n) is 8.96. The minimum atomic E-state index is -0.449. The quantitative estimate of drug-likeness (QED) is 0.389. The SMILES string of the molecule is CCCC(C)CCOCCOc1nc(N(C)CC(N)=O)nc(N2CCN(C(C)CC)CC2)n1. The van der Waals surface area contributed by atoms with Gasteiger partial charge in [-0.25, -0.2) is 0 Å². The molecule has 0 aliphatic carbocycles. The third kappa shape index (κ3) is 9.29. The van der Waals surface area contributed by atoms with Gasteiger partial charge in [0, 0.05) is 45.9 Å². The number of anilines is 2. The number of rotatable bonds is 15. The van der Waals surface area contributed by atoms with Crippen molar-refractivity contribution in [2.24, 2.45) is 11.7 Å². The molecular formula is C23H43N7O3. The van der Waals surface area contributed by atoms with Crippen molar-refractivity contribution in [2.45, 2.75) is 59.4 Å². The molecule has 2 rings (SSSR count).